The van der Waals surface area contributed by atoms with E-state index in [-0.39, 0.29) is 0 Å². The second kappa shape index (κ2) is 23.3. The van der Waals surface area contributed by atoms with E-state index in [4.69, 9.17) is 0 Å². The molecule has 170 valence electrons. The van der Waals surface area contributed by atoms with Gasteiger partial charge < -0.3 is 0 Å². The van der Waals surface area contributed by atoms with Gasteiger partial charge in [-0.1, -0.05) is 169 Å². The minimum Gasteiger partial charge on any atom is -0.0654 e. The van der Waals surface area contributed by atoms with Crippen molar-refractivity contribution in [1.29, 1.82) is 0 Å². The average molecular weight is 395 g/mol. The fraction of sp³-hybridized carbons (Fsp3) is 1.00. The van der Waals surface area contributed by atoms with Gasteiger partial charge in [0.1, 0.15) is 0 Å². The second-order valence-electron chi connectivity index (χ2n) is 10.0. The van der Waals surface area contributed by atoms with Gasteiger partial charge in [-0.3, -0.25) is 0 Å². The Morgan fingerprint density at radius 3 is 0.857 bits per heavy atom. The quantitative estimate of drug-likeness (QED) is 0.151. The molecule has 0 aromatic heterocycles. The van der Waals surface area contributed by atoms with Crippen molar-refractivity contribution in [2.24, 2.45) is 11.8 Å². The van der Waals surface area contributed by atoms with Crippen molar-refractivity contribution in [3.63, 3.8) is 0 Å². The number of rotatable bonds is 23. The van der Waals surface area contributed by atoms with E-state index in [9.17, 15) is 0 Å². The first kappa shape index (κ1) is 28.0. The van der Waals surface area contributed by atoms with Crippen LogP contribution in [0.3, 0.4) is 0 Å². The average Bonchev–Trinajstić information content (AvgIpc) is 2.69. The normalized spacial score (nSPS) is 13.7. The zero-order valence-corrected chi connectivity index (χ0v) is 20.7. The molecule has 0 aliphatic rings. The maximum atomic E-state index is 2.49. The molecule has 2 atom stereocenters. The first-order valence-corrected chi connectivity index (χ1v) is 13.7. The van der Waals surface area contributed by atoms with Crippen LogP contribution in [0, 0.1) is 11.8 Å². The maximum Gasteiger partial charge on any atom is -0.0443 e. The van der Waals surface area contributed by atoms with Gasteiger partial charge in [0, 0.05) is 0 Å². The SMILES string of the molecule is CCCCCCCCCCCCCC(C)CCCCCCC(C)CCCCC. The predicted molar refractivity (Wildman–Crippen MR) is 131 cm³/mol. The first-order chi connectivity index (χ1) is 13.7. The molecule has 0 nitrogen and oxygen atoms in total. The number of unbranched alkanes of at least 4 members (excludes halogenated alkanes) is 15. The second-order valence-corrected chi connectivity index (χ2v) is 10.0. The largest absolute Gasteiger partial charge is 0.0654 e. The monoisotopic (exact) mass is 394 g/mol. The topological polar surface area (TPSA) is 0 Å². The van der Waals surface area contributed by atoms with E-state index in [2.05, 4.69) is 27.7 Å². The van der Waals surface area contributed by atoms with Crippen LogP contribution in [-0.2, 0) is 0 Å². The highest BCUT2D eigenvalue weighted by Gasteiger charge is 2.04. The van der Waals surface area contributed by atoms with E-state index < -0.39 is 0 Å². The van der Waals surface area contributed by atoms with Crippen molar-refractivity contribution < 1.29 is 0 Å². The van der Waals surface area contributed by atoms with Crippen LogP contribution >= 0.6 is 0 Å². The zero-order valence-electron chi connectivity index (χ0n) is 20.7. The number of hydrogen-bond acceptors (Lipinski definition) is 0. The van der Waals surface area contributed by atoms with E-state index in [1.807, 2.05) is 0 Å². The van der Waals surface area contributed by atoms with Gasteiger partial charge in [0.05, 0.1) is 0 Å². The molecule has 2 unspecified atom stereocenters. The summed E-state index contributed by atoms with van der Waals surface area (Å²) in [5.41, 5.74) is 0. The Morgan fingerprint density at radius 1 is 0.321 bits per heavy atom. The molecule has 0 bridgehead atoms. The summed E-state index contributed by atoms with van der Waals surface area (Å²) in [5, 5.41) is 0. The Balaban J connectivity index is 3.22. The molecule has 0 aromatic carbocycles. The van der Waals surface area contributed by atoms with Gasteiger partial charge in [-0.05, 0) is 11.8 Å². The minimum absolute atomic E-state index is 0.964. The summed E-state index contributed by atoms with van der Waals surface area (Å²) in [6.07, 6.45) is 32.2. The Kier molecular flexibility index (Phi) is 23.3. The first-order valence-electron chi connectivity index (χ1n) is 13.7. The van der Waals surface area contributed by atoms with Crippen LogP contribution in [0.15, 0.2) is 0 Å². The summed E-state index contributed by atoms with van der Waals surface area (Å²) < 4.78 is 0. The standard InChI is InChI=1S/C28H58/c1-5-7-9-10-11-12-13-14-15-16-20-24-28(4)26-22-18-17-21-25-27(3)23-19-8-6-2/h27-28H,5-26H2,1-4H3. The van der Waals surface area contributed by atoms with Crippen molar-refractivity contribution in [3.8, 4) is 0 Å². The van der Waals surface area contributed by atoms with Gasteiger partial charge in [0.25, 0.3) is 0 Å². The summed E-state index contributed by atoms with van der Waals surface area (Å²) >= 11 is 0. The molecule has 0 heteroatoms. The third-order valence-electron chi connectivity index (χ3n) is 6.74. The Bertz CT molecular complexity index is 269. The minimum atomic E-state index is 0.964. The third-order valence-corrected chi connectivity index (χ3v) is 6.74. The molecule has 0 spiro atoms. The molecule has 0 aliphatic carbocycles. The van der Waals surface area contributed by atoms with Crippen molar-refractivity contribution >= 4 is 0 Å². The summed E-state index contributed by atoms with van der Waals surface area (Å²) in [5.74, 6) is 1.93. The lowest BCUT2D eigenvalue weighted by molar-refractivity contribution is 0.414. The molecule has 0 radical (unpaired) electrons. The van der Waals surface area contributed by atoms with Crippen molar-refractivity contribution in [2.75, 3.05) is 0 Å². The Hall–Kier alpha value is 0. The van der Waals surface area contributed by atoms with Gasteiger partial charge in [0.15, 0.2) is 0 Å². The molecule has 0 saturated carbocycles. The van der Waals surface area contributed by atoms with Crippen LogP contribution in [0.4, 0.5) is 0 Å². The maximum absolute atomic E-state index is 2.49. The van der Waals surface area contributed by atoms with E-state index in [1.54, 1.807) is 0 Å². The highest BCUT2D eigenvalue weighted by atomic mass is 14.1. The summed E-state index contributed by atoms with van der Waals surface area (Å²) in [6, 6.07) is 0. The van der Waals surface area contributed by atoms with Crippen LogP contribution < -0.4 is 0 Å². The van der Waals surface area contributed by atoms with Gasteiger partial charge >= 0.3 is 0 Å². The van der Waals surface area contributed by atoms with E-state index in [1.165, 1.54) is 141 Å². The predicted octanol–water partition coefficient (Wildman–Crippen LogP) is 10.9. The lowest BCUT2D eigenvalue weighted by atomic mass is 9.94. The molecular formula is C28H58. The lowest BCUT2D eigenvalue weighted by Crippen LogP contribution is -1.96. The molecule has 28 heavy (non-hydrogen) atoms. The molecular weight excluding hydrogens is 336 g/mol. The fourth-order valence-corrected chi connectivity index (χ4v) is 4.53. The van der Waals surface area contributed by atoms with Crippen molar-refractivity contribution in [2.45, 2.75) is 169 Å². The highest BCUT2D eigenvalue weighted by molar-refractivity contribution is 4.58. The van der Waals surface area contributed by atoms with E-state index >= 15 is 0 Å². The molecule has 0 amide bonds. The zero-order chi connectivity index (χ0) is 20.7. The highest BCUT2D eigenvalue weighted by Crippen LogP contribution is 2.20. The van der Waals surface area contributed by atoms with Gasteiger partial charge in [-0.15, -0.1) is 0 Å². The Morgan fingerprint density at radius 2 is 0.536 bits per heavy atom. The summed E-state index contributed by atoms with van der Waals surface area (Å²) in [7, 11) is 0. The number of hydrogen-bond donors (Lipinski definition) is 0. The van der Waals surface area contributed by atoms with Gasteiger partial charge in [-0.25, -0.2) is 0 Å². The molecule has 0 fully saturated rings. The molecule has 0 aliphatic heterocycles. The lowest BCUT2D eigenvalue weighted by Gasteiger charge is -2.12. The smallest absolute Gasteiger partial charge is 0.0443 e. The molecule has 0 rings (SSSR count). The van der Waals surface area contributed by atoms with Crippen LogP contribution in [-0.4, -0.2) is 0 Å². The fourth-order valence-electron chi connectivity index (χ4n) is 4.53. The third kappa shape index (κ3) is 22.3. The van der Waals surface area contributed by atoms with Crippen LogP contribution in [0.25, 0.3) is 0 Å². The van der Waals surface area contributed by atoms with Gasteiger partial charge in [-0.2, -0.15) is 0 Å². The molecule has 0 heterocycles. The van der Waals surface area contributed by atoms with Gasteiger partial charge in [0.2, 0.25) is 0 Å². The van der Waals surface area contributed by atoms with Crippen LogP contribution in [0.2, 0.25) is 0 Å². The van der Waals surface area contributed by atoms with Crippen molar-refractivity contribution in [3.05, 3.63) is 0 Å². The molecule has 0 N–H and O–H groups in total. The van der Waals surface area contributed by atoms with Crippen molar-refractivity contribution in [1.82, 2.24) is 0 Å². The van der Waals surface area contributed by atoms with E-state index in [0.29, 0.717) is 0 Å². The Labute approximate surface area is 181 Å². The van der Waals surface area contributed by atoms with E-state index in [0.717, 1.165) is 11.8 Å². The molecule has 0 saturated heterocycles. The van der Waals surface area contributed by atoms with Crippen LogP contribution in [0.1, 0.15) is 169 Å². The summed E-state index contributed by atoms with van der Waals surface area (Å²) in [6.45, 7) is 9.57. The summed E-state index contributed by atoms with van der Waals surface area (Å²) in [4.78, 5) is 0. The molecule has 0 aromatic rings. The van der Waals surface area contributed by atoms with Crippen LogP contribution in [0.5, 0.6) is 0 Å².